The lowest BCUT2D eigenvalue weighted by molar-refractivity contribution is 0.0388. The van der Waals surface area contributed by atoms with E-state index in [1.807, 2.05) is 18.2 Å². The number of anilines is 1. The Morgan fingerprint density at radius 1 is 1.22 bits per heavy atom. The molecule has 2 heterocycles. The van der Waals surface area contributed by atoms with Crippen molar-refractivity contribution in [2.24, 2.45) is 0 Å². The molecule has 27 heavy (non-hydrogen) atoms. The first-order valence-electron chi connectivity index (χ1n) is 8.86. The Balaban J connectivity index is 1.43. The average molecular weight is 372 g/mol. The third-order valence-corrected chi connectivity index (χ3v) is 4.08. The van der Waals surface area contributed by atoms with Crippen molar-refractivity contribution in [3.8, 4) is 17.4 Å². The van der Waals surface area contributed by atoms with E-state index in [0.717, 1.165) is 32.8 Å². The zero-order chi connectivity index (χ0) is 18.9. The quantitative estimate of drug-likeness (QED) is 0.776. The number of hydrogen-bond donors (Lipinski definition) is 2. The monoisotopic (exact) mass is 372 g/mol. The molecule has 1 aliphatic heterocycles. The maximum Gasteiger partial charge on any atom is 0.319 e. The smallest absolute Gasteiger partial charge is 0.319 e. The zero-order valence-corrected chi connectivity index (χ0v) is 15.3. The van der Waals surface area contributed by atoms with Crippen molar-refractivity contribution in [1.29, 1.82) is 0 Å². The van der Waals surface area contributed by atoms with Gasteiger partial charge in [-0.3, -0.25) is 4.90 Å². The molecule has 0 aliphatic carbocycles. The van der Waals surface area contributed by atoms with Crippen LogP contribution in [0.2, 0.25) is 0 Å². The maximum absolute atomic E-state index is 12.0. The Bertz CT molecular complexity index is 733. The summed E-state index contributed by atoms with van der Waals surface area (Å²) in [5.41, 5.74) is 0.594. The first-order chi connectivity index (χ1) is 13.2. The van der Waals surface area contributed by atoms with Gasteiger partial charge in [0.1, 0.15) is 11.5 Å². The molecule has 3 rings (SSSR count). The van der Waals surface area contributed by atoms with Crippen LogP contribution in [0.4, 0.5) is 10.5 Å². The molecule has 8 heteroatoms. The highest BCUT2D eigenvalue weighted by Gasteiger charge is 2.10. The van der Waals surface area contributed by atoms with E-state index >= 15 is 0 Å². The largest absolute Gasteiger partial charge is 0.497 e. The van der Waals surface area contributed by atoms with Crippen LogP contribution in [0, 0.1) is 0 Å². The predicted molar refractivity (Wildman–Crippen MR) is 102 cm³/mol. The minimum absolute atomic E-state index is 0.258. The van der Waals surface area contributed by atoms with Crippen LogP contribution in [0.1, 0.15) is 0 Å². The molecule has 0 unspecified atom stereocenters. The molecule has 1 fully saturated rings. The van der Waals surface area contributed by atoms with Gasteiger partial charge in [0.15, 0.2) is 0 Å². The third kappa shape index (κ3) is 6.12. The van der Waals surface area contributed by atoms with Crippen LogP contribution in [0.3, 0.4) is 0 Å². The Kier molecular flexibility index (Phi) is 6.84. The van der Waals surface area contributed by atoms with E-state index in [1.165, 1.54) is 0 Å². The van der Waals surface area contributed by atoms with Gasteiger partial charge in [-0.05, 0) is 18.2 Å². The molecule has 2 aromatic rings. The van der Waals surface area contributed by atoms with Gasteiger partial charge >= 0.3 is 6.03 Å². The standard InChI is InChI=1S/C19H24N4O4/c1-25-16-3-2-4-17(13-16)27-18-6-5-15(14-21-18)22-19(24)20-7-8-23-9-11-26-12-10-23/h2-6,13-14H,7-12H2,1H3,(H2,20,22,24). The summed E-state index contributed by atoms with van der Waals surface area (Å²) in [6, 6.07) is 10.4. The minimum Gasteiger partial charge on any atom is -0.497 e. The number of aromatic nitrogens is 1. The molecule has 0 bridgehead atoms. The van der Waals surface area contributed by atoms with Crippen LogP contribution >= 0.6 is 0 Å². The van der Waals surface area contributed by atoms with Crippen LogP contribution in [0.25, 0.3) is 0 Å². The number of carbonyl (C=O) groups is 1. The number of pyridine rings is 1. The fraction of sp³-hybridized carbons (Fsp3) is 0.368. The Morgan fingerprint density at radius 2 is 2.04 bits per heavy atom. The highest BCUT2D eigenvalue weighted by Crippen LogP contribution is 2.24. The van der Waals surface area contributed by atoms with E-state index in [4.69, 9.17) is 14.2 Å². The number of benzene rings is 1. The summed E-state index contributed by atoms with van der Waals surface area (Å²) >= 11 is 0. The number of methoxy groups -OCH3 is 1. The Labute approximate surface area is 158 Å². The predicted octanol–water partition coefficient (Wildman–Crippen LogP) is 2.34. The third-order valence-electron chi connectivity index (χ3n) is 4.08. The lowest BCUT2D eigenvalue weighted by atomic mass is 10.3. The molecule has 0 radical (unpaired) electrons. The SMILES string of the molecule is COc1cccc(Oc2ccc(NC(=O)NCCN3CCOCC3)cn2)c1. The number of urea groups is 1. The summed E-state index contributed by atoms with van der Waals surface area (Å²) in [6.45, 7) is 4.70. The van der Waals surface area contributed by atoms with Gasteiger partial charge < -0.3 is 24.8 Å². The van der Waals surface area contributed by atoms with E-state index < -0.39 is 0 Å². The summed E-state index contributed by atoms with van der Waals surface area (Å²) in [6.07, 6.45) is 1.55. The first-order valence-corrected chi connectivity index (χ1v) is 8.86. The summed E-state index contributed by atoms with van der Waals surface area (Å²) in [5, 5.41) is 5.60. The van der Waals surface area contributed by atoms with Gasteiger partial charge in [-0.15, -0.1) is 0 Å². The second-order valence-electron chi connectivity index (χ2n) is 6.00. The zero-order valence-electron chi connectivity index (χ0n) is 15.3. The topological polar surface area (TPSA) is 85.0 Å². The highest BCUT2D eigenvalue weighted by molar-refractivity contribution is 5.88. The molecule has 0 atom stereocenters. The molecular formula is C19H24N4O4. The number of nitrogens with zero attached hydrogens (tertiary/aromatic N) is 2. The minimum atomic E-state index is -0.258. The fourth-order valence-corrected chi connectivity index (χ4v) is 2.63. The number of carbonyl (C=O) groups excluding carboxylic acids is 1. The van der Waals surface area contributed by atoms with Crippen LogP contribution in [0.5, 0.6) is 17.4 Å². The van der Waals surface area contributed by atoms with Crippen molar-refractivity contribution in [1.82, 2.24) is 15.2 Å². The number of hydrogen-bond acceptors (Lipinski definition) is 6. The maximum atomic E-state index is 12.0. The normalized spacial score (nSPS) is 14.4. The summed E-state index contributed by atoms with van der Waals surface area (Å²) in [4.78, 5) is 18.4. The van der Waals surface area contributed by atoms with Gasteiger partial charge in [0.25, 0.3) is 0 Å². The van der Waals surface area contributed by atoms with Gasteiger partial charge in [0.2, 0.25) is 5.88 Å². The first kappa shape index (κ1) is 18.9. The van der Waals surface area contributed by atoms with Crippen molar-refractivity contribution in [2.75, 3.05) is 51.8 Å². The molecule has 2 N–H and O–H groups in total. The number of rotatable bonds is 7. The number of amides is 2. The highest BCUT2D eigenvalue weighted by atomic mass is 16.5. The number of nitrogens with one attached hydrogen (secondary N) is 2. The van der Waals surface area contributed by atoms with E-state index in [9.17, 15) is 4.79 Å². The van der Waals surface area contributed by atoms with Crippen molar-refractivity contribution < 1.29 is 19.0 Å². The number of ether oxygens (including phenoxy) is 3. The second kappa shape index (κ2) is 9.75. The molecule has 0 spiro atoms. The van der Waals surface area contributed by atoms with E-state index in [0.29, 0.717) is 29.6 Å². The van der Waals surface area contributed by atoms with E-state index in [-0.39, 0.29) is 6.03 Å². The van der Waals surface area contributed by atoms with Gasteiger partial charge in [-0.2, -0.15) is 0 Å². The Hall–Kier alpha value is -2.84. The average Bonchev–Trinajstić information content (AvgIpc) is 2.70. The summed E-state index contributed by atoms with van der Waals surface area (Å²) < 4.78 is 16.1. The van der Waals surface area contributed by atoms with Crippen molar-refractivity contribution >= 4 is 11.7 Å². The molecule has 2 amide bonds. The molecule has 0 saturated carbocycles. The molecule has 1 saturated heterocycles. The van der Waals surface area contributed by atoms with Crippen molar-refractivity contribution in [2.45, 2.75) is 0 Å². The summed E-state index contributed by atoms with van der Waals surface area (Å²) in [5.74, 6) is 1.77. The lowest BCUT2D eigenvalue weighted by Crippen LogP contribution is -2.42. The van der Waals surface area contributed by atoms with E-state index in [1.54, 1.807) is 31.5 Å². The van der Waals surface area contributed by atoms with Crippen LogP contribution < -0.4 is 20.1 Å². The number of morpholine rings is 1. The van der Waals surface area contributed by atoms with Gasteiger partial charge in [0.05, 0.1) is 32.2 Å². The van der Waals surface area contributed by atoms with Crippen LogP contribution in [-0.2, 0) is 4.74 Å². The van der Waals surface area contributed by atoms with Crippen molar-refractivity contribution in [3.63, 3.8) is 0 Å². The van der Waals surface area contributed by atoms with Gasteiger partial charge in [0, 0.05) is 38.3 Å². The molecule has 1 aromatic heterocycles. The second-order valence-corrected chi connectivity index (χ2v) is 6.00. The van der Waals surface area contributed by atoms with Gasteiger partial charge in [-0.1, -0.05) is 6.07 Å². The molecule has 8 nitrogen and oxygen atoms in total. The molecular weight excluding hydrogens is 348 g/mol. The van der Waals surface area contributed by atoms with Crippen LogP contribution in [-0.4, -0.2) is 62.4 Å². The molecule has 1 aromatic carbocycles. The van der Waals surface area contributed by atoms with Crippen molar-refractivity contribution in [3.05, 3.63) is 42.6 Å². The van der Waals surface area contributed by atoms with E-state index in [2.05, 4.69) is 20.5 Å². The fourth-order valence-electron chi connectivity index (χ4n) is 2.63. The lowest BCUT2D eigenvalue weighted by Gasteiger charge is -2.26. The Morgan fingerprint density at radius 3 is 2.78 bits per heavy atom. The van der Waals surface area contributed by atoms with Crippen LogP contribution in [0.15, 0.2) is 42.6 Å². The molecule has 1 aliphatic rings. The molecule has 144 valence electrons. The van der Waals surface area contributed by atoms with Gasteiger partial charge in [-0.25, -0.2) is 9.78 Å². The summed E-state index contributed by atoms with van der Waals surface area (Å²) in [7, 11) is 1.60.